The molecule has 2 fully saturated rings. The number of hydrogen-bond donors (Lipinski definition) is 2. The lowest BCUT2D eigenvalue weighted by atomic mass is 9.80. The molecule has 2 aliphatic rings. The molecule has 2 saturated heterocycles. The monoisotopic (exact) mass is 371 g/mol. The molecule has 2 N–H and O–H groups in total. The number of rotatable bonds is 6. The van der Waals surface area contributed by atoms with E-state index in [0.29, 0.717) is 37.1 Å². The first-order valence-electron chi connectivity index (χ1n) is 9.64. The van der Waals surface area contributed by atoms with Crippen molar-refractivity contribution in [3.05, 3.63) is 65.5 Å². The van der Waals surface area contributed by atoms with Crippen molar-refractivity contribution in [2.45, 2.75) is 49.9 Å². The van der Waals surface area contributed by atoms with Crippen molar-refractivity contribution in [1.82, 2.24) is 4.90 Å². The highest BCUT2D eigenvalue weighted by atomic mass is 19.1. The van der Waals surface area contributed by atoms with E-state index in [9.17, 15) is 9.50 Å². The number of ether oxygens (including phenoxy) is 1. The van der Waals surface area contributed by atoms with Crippen molar-refractivity contribution in [2.75, 3.05) is 13.2 Å². The Labute approximate surface area is 159 Å². The van der Waals surface area contributed by atoms with E-state index in [1.807, 2.05) is 18.2 Å². The molecule has 0 aromatic heterocycles. The summed E-state index contributed by atoms with van der Waals surface area (Å²) in [5.74, 6) is 0.467. The number of hydrogen-bond acceptors (Lipinski definition) is 4. The fourth-order valence-corrected chi connectivity index (χ4v) is 4.65. The highest BCUT2D eigenvalue weighted by Crippen LogP contribution is 2.46. The highest BCUT2D eigenvalue weighted by molar-refractivity contribution is 5.29. The molecule has 0 radical (unpaired) electrons. The zero-order valence-electron chi connectivity index (χ0n) is 15.4. The van der Waals surface area contributed by atoms with Crippen LogP contribution in [0.4, 0.5) is 4.39 Å². The summed E-state index contributed by atoms with van der Waals surface area (Å²) in [6, 6.07) is 15.0. The van der Waals surface area contributed by atoms with Gasteiger partial charge in [0.05, 0.1) is 12.2 Å². The number of fused-ring (bicyclic) bond motifs is 2. The Balaban J connectivity index is 1.45. The second kappa shape index (κ2) is 7.58. The third kappa shape index (κ3) is 3.86. The molecule has 5 heteroatoms. The van der Waals surface area contributed by atoms with Gasteiger partial charge in [-0.3, -0.25) is 4.90 Å². The van der Waals surface area contributed by atoms with E-state index in [4.69, 9.17) is 9.84 Å². The van der Waals surface area contributed by atoms with Crippen molar-refractivity contribution >= 4 is 0 Å². The number of benzene rings is 2. The molecule has 2 heterocycles. The smallest absolute Gasteiger partial charge is 0.123 e. The summed E-state index contributed by atoms with van der Waals surface area (Å²) in [7, 11) is 0. The van der Waals surface area contributed by atoms with Crippen LogP contribution in [-0.4, -0.2) is 40.4 Å². The van der Waals surface area contributed by atoms with Crippen LogP contribution in [0.3, 0.4) is 0 Å². The van der Waals surface area contributed by atoms with Gasteiger partial charge in [-0.2, -0.15) is 0 Å². The molecule has 0 saturated carbocycles. The van der Waals surface area contributed by atoms with Gasteiger partial charge in [0.2, 0.25) is 0 Å². The Kier molecular flexibility index (Phi) is 5.17. The second-order valence-corrected chi connectivity index (χ2v) is 7.72. The zero-order valence-corrected chi connectivity index (χ0v) is 15.4. The standard InChI is InChI=1S/C22H26FNO3/c23-18-3-1-2-17(12-18)22(26)13-19-6-7-20(14-22)24(19)15-16-4-8-21(9-5-16)27-11-10-25/h1-5,8-9,12,19-20,25-26H,6-7,10-11,13-15H2. The lowest BCUT2D eigenvalue weighted by Gasteiger charge is -2.44. The van der Waals surface area contributed by atoms with Crippen molar-refractivity contribution in [3.63, 3.8) is 0 Å². The predicted octanol–water partition coefficient (Wildman–Crippen LogP) is 3.21. The van der Waals surface area contributed by atoms with E-state index in [2.05, 4.69) is 17.0 Å². The van der Waals surface area contributed by atoms with Crippen LogP contribution in [0, 0.1) is 5.82 Å². The molecule has 2 bridgehead atoms. The van der Waals surface area contributed by atoms with Crippen molar-refractivity contribution in [1.29, 1.82) is 0 Å². The number of halogens is 1. The van der Waals surface area contributed by atoms with E-state index in [1.54, 1.807) is 6.07 Å². The molecule has 2 atom stereocenters. The van der Waals surface area contributed by atoms with Gasteiger partial charge in [-0.05, 0) is 61.1 Å². The molecule has 2 aromatic carbocycles. The molecule has 144 valence electrons. The van der Waals surface area contributed by atoms with Gasteiger partial charge >= 0.3 is 0 Å². The van der Waals surface area contributed by atoms with Gasteiger partial charge in [-0.15, -0.1) is 0 Å². The highest BCUT2D eigenvalue weighted by Gasteiger charge is 2.48. The average Bonchev–Trinajstić information content (AvgIpc) is 2.91. The van der Waals surface area contributed by atoms with Gasteiger partial charge in [-0.1, -0.05) is 24.3 Å². The number of nitrogens with zero attached hydrogens (tertiary/aromatic N) is 1. The second-order valence-electron chi connectivity index (χ2n) is 7.72. The largest absolute Gasteiger partial charge is 0.491 e. The molecule has 0 aliphatic carbocycles. The topological polar surface area (TPSA) is 52.9 Å². The molecular formula is C22H26FNO3. The fraction of sp³-hybridized carbons (Fsp3) is 0.455. The van der Waals surface area contributed by atoms with Crippen LogP contribution in [-0.2, 0) is 12.1 Å². The van der Waals surface area contributed by atoms with Crippen molar-refractivity contribution in [2.24, 2.45) is 0 Å². The predicted molar refractivity (Wildman–Crippen MR) is 101 cm³/mol. The summed E-state index contributed by atoms with van der Waals surface area (Å²) in [5.41, 5.74) is 0.968. The maximum Gasteiger partial charge on any atom is 0.123 e. The van der Waals surface area contributed by atoms with Gasteiger partial charge in [0, 0.05) is 18.6 Å². The van der Waals surface area contributed by atoms with Gasteiger partial charge in [0.15, 0.2) is 0 Å². The molecule has 0 amide bonds. The van der Waals surface area contributed by atoms with Gasteiger partial charge < -0.3 is 14.9 Å². The van der Waals surface area contributed by atoms with E-state index in [1.165, 1.54) is 17.7 Å². The normalized spacial score (nSPS) is 27.7. The molecule has 4 rings (SSSR count). The minimum atomic E-state index is -0.938. The minimum Gasteiger partial charge on any atom is -0.491 e. The van der Waals surface area contributed by atoms with E-state index < -0.39 is 5.60 Å². The van der Waals surface area contributed by atoms with Gasteiger partial charge in [-0.25, -0.2) is 4.39 Å². The van der Waals surface area contributed by atoms with Crippen LogP contribution in [0.2, 0.25) is 0 Å². The Morgan fingerprint density at radius 1 is 1.07 bits per heavy atom. The number of aliphatic hydroxyl groups excluding tert-OH is 1. The fourth-order valence-electron chi connectivity index (χ4n) is 4.65. The summed E-state index contributed by atoms with van der Waals surface area (Å²) < 4.78 is 19.0. The summed E-state index contributed by atoms with van der Waals surface area (Å²) in [5, 5.41) is 20.1. The molecule has 4 nitrogen and oxygen atoms in total. The maximum atomic E-state index is 13.6. The molecule has 27 heavy (non-hydrogen) atoms. The van der Waals surface area contributed by atoms with Crippen molar-refractivity contribution < 1.29 is 19.3 Å². The first kappa shape index (κ1) is 18.4. The number of piperidine rings is 1. The van der Waals surface area contributed by atoms with Crippen LogP contribution in [0.15, 0.2) is 48.5 Å². The van der Waals surface area contributed by atoms with Crippen LogP contribution >= 0.6 is 0 Å². The maximum absolute atomic E-state index is 13.6. The summed E-state index contributed by atoms with van der Waals surface area (Å²) in [4.78, 5) is 2.48. The molecule has 0 spiro atoms. The van der Waals surface area contributed by atoms with E-state index in [-0.39, 0.29) is 12.4 Å². The summed E-state index contributed by atoms with van der Waals surface area (Å²) >= 11 is 0. The molecule has 2 unspecified atom stereocenters. The molecule has 2 aromatic rings. The molecule has 2 aliphatic heterocycles. The van der Waals surface area contributed by atoms with Crippen LogP contribution in [0.25, 0.3) is 0 Å². The summed E-state index contributed by atoms with van der Waals surface area (Å²) in [6.45, 7) is 1.15. The van der Waals surface area contributed by atoms with Gasteiger partial charge in [0.1, 0.15) is 18.2 Å². The lowest BCUT2D eigenvalue weighted by molar-refractivity contribution is -0.0596. The first-order valence-corrected chi connectivity index (χ1v) is 9.64. The summed E-state index contributed by atoms with van der Waals surface area (Å²) in [6.07, 6.45) is 3.43. The quantitative estimate of drug-likeness (QED) is 0.819. The van der Waals surface area contributed by atoms with Crippen LogP contribution in [0.5, 0.6) is 5.75 Å². The zero-order chi connectivity index (χ0) is 18.9. The number of aliphatic hydroxyl groups is 2. The van der Waals surface area contributed by atoms with Crippen LogP contribution < -0.4 is 4.74 Å². The van der Waals surface area contributed by atoms with Crippen LogP contribution in [0.1, 0.15) is 36.8 Å². The Hall–Kier alpha value is -1.95. The molecular weight excluding hydrogens is 345 g/mol. The van der Waals surface area contributed by atoms with Crippen molar-refractivity contribution in [3.8, 4) is 5.75 Å². The Morgan fingerprint density at radius 2 is 1.78 bits per heavy atom. The third-order valence-electron chi connectivity index (χ3n) is 5.93. The SMILES string of the molecule is OCCOc1ccc(CN2C3CCC2CC(O)(c2cccc(F)c2)C3)cc1. The third-order valence-corrected chi connectivity index (χ3v) is 5.93. The first-order chi connectivity index (χ1) is 13.1. The van der Waals surface area contributed by atoms with Gasteiger partial charge in [0.25, 0.3) is 0 Å². The van der Waals surface area contributed by atoms with E-state index in [0.717, 1.165) is 25.1 Å². The Bertz CT molecular complexity index is 765. The lowest BCUT2D eigenvalue weighted by Crippen LogP contribution is -2.49. The Morgan fingerprint density at radius 3 is 2.41 bits per heavy atom. The minimum absolute atomic E-state index is 0.00706. The van der Waals surface area contributed by atoms with E-state index >= 15 is 0 Å². The average molecular weight is 371 g/mol.